The third kappa shape index (κ3) is 3.82. The predicted molar refractivity (Wildman–Crippen MR) is 71.9 cm³/mol. The minimum absolute atomic E-state index is 0.0487. The highest BCUT2D eigenvalue weighted by Gasteiger charge is 2.11. The highest BCUT2D eigenvalue weighted by atomic mass is 16.1. The Morgan fingerprint density at radius 3 is 2.39 bits per heavy atom. The number of nitrogens with two attached hydrogens (primary N) is 1. The van der Waals surface area contributed by atoms with Gasteiger partial charge in [0.05, 0.1) is 6.54 Å². The summed E-state index contributed by atoms with van der Waals surface area (Å²) in [4.78, 5) is 13.5. The highest BCUT2D eigenvalue weighted by molar-refractivity contribution is 5.77. The van der Waals surface area contributed by atoms with Crippen molar-refractivity contribution in [2.75, 3.05) is 19.6 Å². The fourth-order valence-electron chi connectivity index (χ4n) is 2.23. The minimum atomic E-state index is -0.115. The first-order valence-electron chi connectivity index (χ1n) is 6.55. The Kier molecular flexibility index (Phi) is 4.73. The van der Waals surface area contributed by atoms with E-state index in [1.54, 1.807) is 0 Å². The first kappa shape index (κ1) is 13.1. The highest BCUT2D eigenvalue weighted by Crippen LogP contribution is 2.13. The number of rotatable bonds is 5. The lowest BCUT2D eigenvalue weighted by Crippen LogP contribution is -2.29. The molecule has 0 radical (unpaired) electrons. The fourth-order valence-corrected chi connectivity index (χ4v) is 2.23. The Hall–Kier alpha value is -1.39. The third-order valence-corrected chi connectivity index (χ3v) is 3.30. The number of carbonyl (C=O) groups is 1. The van der Waals surface area contributed by atoms with E-state index in [9.17, 15) is 4.79 Å². The lowest BCUT2D eigenvalue weighted by molar-refractivity contribution is -0.119. The molecule has 4 heteroatoms. The van der Waals surface area contributed by atoms with Gasteiger partial charge in [-0.05, 0) is 37.1 Å². The van der Waals surface area contributed by atoms with E-state index < -0.39 is 0 Å². The molecular formula is C14H21N3O. The molecule has 1 aromatic rings. The molecule has 1 aromatic carbocycles. The van der Waals surface area contributed by atoms with Gasteiger partial charge in [0.25, 0.3) is 0 Å². The summed E-state index contributed by atoms with van der Waals surface area (Å²) in [6, 6.07) is 8.43. The lowest BCUT2D eigenvalue weighted by Gasteiger charge is -2.14. The lowest BCUT2D eigenvalue weighted by atomic mass is 10.1. The maximum absolute atomic E-state index is 11.0. The second-order valence-corrected chi connectivity index (χ2v) is 4.78. The molecule has 1 amide bonds. The van der Waals surface area contributed by atoms with Crippen molar-refractivity contribution in [1.82, 2.24) is 10.2 Å². The predicted octanol–water partition coefficient (Wildman–Crippen LogP) is 0.857. The summed E-state index contributed by atoms with van der Waals surface area (Å²) in [5.74, 6) is -0.115. The van der Waals surface area contributed by atoms with Crippen LogP contribution in [0.1, 0.15) is 24.0 Å². The van der Waals surface area contributed by atoms with Gasteiger partial charge in [-0.15, -0.1) is 0 Å². The van der Waals surface area contributed by atoms with Crippen molar-refractivity contribution in [3.05, 3.63) is 35.4 Å². The molecule has 1 aliphatic heterocycles. The minimum Gasteiger partial charge on any atom is -0.351 e. The van der Waals surface area contributed by atoms with Crippen molar-refractivity contribution in [3.63, 3.8) is 0 Å². The zero-order valence-electron chi connectivity index (χ0n) is 10.7. The maximum atomic E-state index is 11.0. The quantitative estimate of drug-likeness (QED) is 0.811. The fraction of sp³-hybridized carbons (Fsp3) is 0.500. The number of carbonyl (C=O) groups excluding carboxylic acids is 1. The maximum Gasteiger partial charge on any atom is 0.234 e. The largest absolute Gasteiger partial charge is 0.351 e. The number of likely N-dealkylation sites (tertiary alicyclic amines) is 1. The van der Waals surface area contributed by atoms with Crippen LogP contribution in [0.2, 0.25) is 0 Å². The molecule has 0 aliphatic carbocycles. The summed E-state index contributed by atoms with van der Waals surface area (Å²) < 4.78 is 0. The summed E-state index contributed by atoms with van der Waals surface area (Å²) in [7, 11) is 0. The van der Waals surface area contributed by atoms with E-state index in [4.69, 9.17) is 5.73 Å². The molecule has 0 aromatic heterocycles. The van der Waals surface area contributed by atoms with Crippen molar-refractivity contribution < 1.29 is 4.79 Å². The van der Waals surface area contributed by atoms with E-state index in [0.29, 0.717) is 6.54 Å². The molecule has 0 unspecified atom stereocenters. The number of hydrogen-bond donors (Lipinski definition) is 2. The van der Waals surface area contributed by atoms with Gasteiger partial charge in [-0.25, -0.2) is 0 Å². The van der Waals surface area contributed by atoms with Crippen LogP contribution in [0.3, 0.4) is 0 Å². The normalized spacial score (nSPS) is 15.8. The van der Waals surface area contributed by atoms with E-state index >= 15 is 0 Å². The Labute approximate surface area is 108 Å². The number of nitrogens with one attached hydrogen (secondary N) is 1. The van der Waals surface area contributed by atoms with E-state index in [2.05, 4.69) is 34.5 Å². The van der Waals surface area contributed by atoms with Crippen molar-refractivity contribution >= 4 is 5.91 Å². The van der Waals surface area contributed by atoms with E-state index in [0.717, 1.165) is 12.1 Å². The molecule has 1 saturated heterocycles. The Morgan fingerprint density at radius 2 is 1.78 bits per heavy atom. The van der Waals surface area contributed by atoms with Gasteiger partial charge in [-0.1, -0.05) is 24.3 Å². The van der Waals surface area contributed by atoms with Crippen LogP contribution in [0.25, 0.3) is 0 Å². The van der Waals surface area contributed by atoms with Gasteiger partial charge in [0, 0.05) is 13.1 Å². The second kappa shape index (κ2) is 6.52. The molecule has 1 fully saturated rings. The Balaban J connectivity index is 1.82. The molecule has 3 N–H and O–H groups in total. The van der Waals surface area contributed by atoms with Crippen LogP contribution in [0.15, 0.2) is 24.3 Å². The summed E-state index contributed by atoms with van der Waals surface area (Å²) >= 11 is 0. The molecule has 98 valence electrons. The zero-order valence-corrected chi connectivity index (χ0v) is 10.7. The third-order valence-electron chi connectivity index (χ3n) is 3.30. The molecular weight excluding hydrogens is 226 g/mol. The molecule has 0 bridgehead atoms. The average molecular weight is 247 g/mol. The van der Waals surface area contributed by atoms with Gasteiger partial charge in [0.1, 0.15) is 0 Å². The summed E-state index contributed by atoms with van der Waals surface area (Å²) in [6.45, 7) is 4.07. The summed E-state index contributed by atoms with van der Waals surface area (Å²) in [5, 5.41) is 2.77. The number of benzene rings is 1. The van der Waals surface area contributed by atoms with E-state index in [1.807, 2.05) is 0 Å². The molecule has 18 heavy (non-hydrogen) atoms. The van der Waals surface area contributed by atoms with Crippen molar-refractivity contribution in [2.45, 2.75) is 25.9 Å². The van der Waals surface area contributed by atoms with E-state index in [1.165, 1.54) is 31.5 Å². The van der Waals surface area contributed by atoms with Gasteiger partial charge in [-0.2, -0.15) is 0 Å². The van der Waals surface area contributed by atoms with Crippen LogP contribution in [-0.2, 0) is 17.9 Å². The summed E-state index contributed by atoms with van der Waals surface area (Å²) in [5.41, 5.74) is 7.69. The topological polar surface area (TPSA) is 58.4 Å². The summed E-state index contributed by atoms with van der Waals surface area (Å²) in [6.07, 6.45) is 2.65. The van der Waals surface area contributed by atoms with E-state index in [-0.39, 0.29) is 12.5 Å². The SMILES string of the molecule is NCC(=O)NCc1ccc(CN2CCCC2)cc1. The van der Waals surface area contributed by atoms with Gasteiger partial charge in [-0.3, -0.25) is 9.69 Å². The van der Waals surface area contributed by atoms with Crippen molar-refractivity contribution in [3.8, 4) is 0 Å². The molecule has 4 nitrogen and oxygen atoms in total. The van der Waals surface area contributed by atoms with Crippen molar-refractivity contribution in [1.29, 1.82) is 0 Å². The van der Waals surface area contributed by atoms with Crippen molar-refractivity contribution in [2.24, 2.45) is 5.73 Å². The number of nitrogens with zero attached hydrogens (tertiary/aromatic N) is 1. The molecule has 0 spiro atoms. The Morgan fingerprint density at radius 1 is 1.17 bits per heavy atom. The molecule has 2 rings (SSSR count). The van der Waals surface area contributed by atoms with Gasteiger partial charge in [0.15, 0.2) is 0 Å². The monoisotopic (exact) mass is 247 g/mol. The van der Waals surface area contributed by atoms with Gasteiger partial charge in [0.2, 0.25) is 5.91 Å². The average Bonchev–Trinajstić information content (AvgIpc) is 2.90. The standard InChI is InChI=1S/C14H21N3O/c15-9-14(18)16-10-12-3-5-13(6-4-12)11-17-7-1-2-8-17/h3-6H,1-2,7-11,15H2,(H,16,18). The molecule has 1 aliphatic rings. The van der Waals surface area contributed by atoms with Crippen LogP contribution in [0, 0.1) is 0 Å². The zero-order chi connectivity index (χ0) is 12.8. The smallest absolute Gasteiger partial charge is 0.234 e. The van der Waals surface area contributed by atoms with Crippen LogP contribution in [-0.4, -0.2) is 30.4 Å². The first-order chi connectivity index (χ1) is 8.78. The second-order valence-electron chi connectivity index (χ2n) is 4.78. The molecule has 0 atom stereocenters. The van der Waals surface area contributed by atoms with Crippen LogP contribution in [0.4, 0.5) is 0 Å². The van der Waals surface area contributed by atoms with Gasteiger partial charge < -0.3 is 11.1 Å². The molecule has 1 heterocycles. The van der Waals surface area contributed by atoms with Gasteiger partial charge >= 0.3 is 0 Å². The Bertz CT molecular complexity index is 383. The first-order valence-corrected chi connectivity index (χ1v) is 6.55. The van der Waals surface area contributed by atoms with Crippen LogP contribution in [0.5, 0.6) is 0 Å². The molecule has 0 saturated carbocycles. The van der Waals surface area contributed by atoms with Crippen LogP contribution < -0.4 is 11.1 Å². The van der Waals surface area contributed by atoms with Crippen LogP contribution >= 0.6 is 0 Å². The number of amides is 1. The number of hydrogen-bond acceptors (Lipinski definition) is 3.